The summed E-state index contributed by atoms with van der Waals surface area (Å²) in [5.74, 6) is -0.0404. The van der Waals surface area contributed by atoms with Gasteiger partial charge in [-0.3, -0.25) is 4.79 Å². The summed E-state index contributed by atoms with van der Waals surface area (Å²) in [6, 6.07) is 8.98. The van der Waals surface area contributed by atoms with Crippen LogP contribution >= 0.6 is 0 Å². The van der Waals surface area contributed by atoms with Gasteiger partial charge in [0.15, 0.2) is 0 Å². The Kier molecular flexibility index (Phi) is 3.87. The normalized spacial score (nSPS) is 23.9. The standard InChI is InChI=1S/C14H21N3O/c1-10-7-14(9-17(10)3)16-13-6-4-5-12(8-13)15-11(2)18/h4-6,8,10,14,16H,7,9H2,1-3H3,(H,15,18). The van der Waals surface area contributed by atoms with Gasteiger partial charge < -0.3 is 15.5 Å². The van der Waals surface area contributed by atoms with Crippen molar-refractivity contribution in [3.63, 3.8) is 0 Å². The van der Waals surface area contributed by atoms with Crippen LogP contribution < -0.4 is 10.6 Å². The first kappa shape index (κ1) is 12.9. The van der Waals surface area contributed by atoms with E-state index in [0.717, 1.165) is 24.3 Å². The molecule has 0 saturated carbocycles. The molecule has 18 heavy (non-hydrogen) atoms. The van der Waals surface area contributed by atoms with Gasteiger partial charge in [-0.25, -0.2) is 0 Å². The number of hydrogen-bond acceptors (Lipinski definition) is 3. The zero-order valence-corrected chi connectivity index (χ0v) is 11.2. The van der Waals surface area contributed by atoms with Crippen molar-refractivity contribution >= 4 is 17.3 Å². The predicted molar refractivity (Wildman–Crippen MR) is 74.9 cm³/mol. The van der Waals surface area contributed by atoms with Crippen LogP contribution in [0.4, 0.5) is 11.4 Å². The highest BCUT2D eigenvalue weighted by Crippen LogP contribution is 2.21. The van der Waals surface area contributed by atoms with E-state index in [1.165, 1.54) is 6.92 Å². The average Bonchev–Trinajstić information content (AvgIpc) is 2.57. The molecule has 1 amide bonds. The van der Waals surface area contributed by atoms with Crippen molar-refractivity contribution in [2.75, 3.05) is 24.2 Å². The van der Waals surface area contributed by atoms with E-state index >= 15 is 0 Å². The molecule has 0 radical (unpaired) electrons. The Bertz CT molecular complexity index is 423. The van der Waals surface area contributed by atoms with E-state index in [0.29, 0.717) is 12.1 Å². The number of anilines is 2. The Hall–Kier alpha value is -1.55. The number of amides is 1. The Morgan fingerprint density at radius 3 is 2.72 bits per heavy atom. The molecule has 98 valence electrons. The molecule has 0 bridgehead atoms. The fourth-order valence-electron chi connectivity index (χ4n) is 2.42. The molecule has 2 unspecified atom stereocenters. The lowest BCUT2D eigenvalue weighted by molar-refractivity contribution is -0.114. The van der Waals surface area contributed by atoms with Crippen LogP contribution in [0.1, 0.15) is 20.3 Å². The fourth-order valence-corrected chi connectivity index (χ4v) is 2.42. The van der Waals surface area contributed by atoms with E-state index in [-0.39, 0.29) is 5.91 Å². The fraction of sp³-hybridized carbons (Fsp3) is 0.500. The van der Waals surface area contributed by atoms with E-state index in [9.17, 15) is 4.79 Å². The van der Waals surface area contributed by atoms with Gasteiger partial charge in [-0.05, 0) is 38.6 Å². The molecule has 1 aliphatic heterocycles. The number of likely N-dealkylation sites (tertiary alicyclic amines) is 1. The number of hydrogen-bond donors (Lipinski definition) is 2. The number of rotatable bonds is 3. The van der Waals surface area contributed by atoms with Crippen LogP contribution in [0.25, 0.3) is 0 Å². The van der Waals surface area contributed by atoms with Gasteiger partial charge in [0.25, 0.3) is 0 Å². The zero-order chi connectivity index (χ0) is 13.1. The molecule has 1 fully saturated rings. The Labute approximate surface area is 108 Å². The third kappa shape index (κ3) is 3.23. The first-order chi connectivity index (χ1) is 8.54. The lowest BCUT2D eigenvalue weighted by Gasteiger charge is -2.15. The van der Waals surface area contributed by atoms with E-state index in [2.05, 4.69) is 29.5 Å². The molecule has 2 rings (SSSR count). The van der Waals surface area contributed by atoms with Gasteiger partial charge in [0, 0.05) is 36.9 Å². The molecule has 1 aromatic carbocycles. The van der Waals surface area contributed by atoms with Crippen molar-refractivity contribution in [2.45, 2.75) is 32.4 Å². The SMILES string of the molecule is CC(=O)Nc1cccc(NC2CC(C)N(C)C2)c1. The van der Waals surface area contributed by atoms with Crippen LogP contribution in [0.15, 0.2) is 24.3 Å². The predicted octanol–water partition coefficient (Wildman–Crippen LogP) is 2.15. The molecule has 4 heteroatoms. The molecule has 0 aromatic heterocycles. The maximum absolute atomic E-state index is 11.0. The third-order valence-electron chi connectivity index (χ3n) is 3.44. The maximum Gasteiger partial charge on any atom is 0.221 e. The molecular formula is C14H21N3O. The number of nitrogens with one attached hydrogen (secondary N) is 2. The highest BCUT2D eigenvalue weighted by molar-refractivity contribution is 5.89. The average molecular weight is 247 g/mol. The van der Waals surface area contributed by atoms with Crippen molar-refractivity contribution in [1.29, 1.82) is 0 Å². The van der Waals surface area contributed by atoms with Gasteiger partial charge in [0.2, 0.25) is 5.91 Å². The van der Waals surface area contributed by atoms with E-state index in [1.54, 1.807) is 0 Å². The monoisotopic (exact) mass is 247 g/mol. The largest absolute Gasteiger partial charge is 0.381 e. The zero-order valence-electron chi connectivity index (χ0n) is 11.2. The number of benzene rings is 1. The molecule has 2 N–H and O–H groups in total. The molecule has 1 saturated heterocycles. The molecule has 0 aliphatic carbocycles. The summed E-state index contributed by atoms with van der Waals surface area (Å²) < 4.78 is 0. The molecule has 1 aromatic rings. The van der Waals surface area contributed by atoms with Gasteiger partial charge in [0.1, 0.15) is 0 Å². The Morgan fingerprint density at radius 1 is 1.39 bits per heavy atom. The van der Waals surface area contributed by atoms with Crippen LogP contribution in [-0.4, -0.2) is 36.5 Å². The summed E-state index contributed by atoms with van der Waals surface area (Å²) in [6.07, 6.45) is 1.15. The summed E-state index contributed by atoms with van der Waals surface area (Å²) in [5.41, 5.74) is 1.90. The topological polar surface area (TPSA) is 44.4 Å². The van der Waals surface area contributed by atoms with Gasteiger partial charge >= 0.3 is 0 Å². The summed E-state index contributed by atoms with van der Waals surface area (Å²) in [6.45, 7) is 4.83. The lowest BCUT2D eigenvalue weighted by atomic mass is 10.2. The molecule has 1 heterocycles. The van der Waals surface area contributed by atoms with Crippen molar-refractivity contribution in [1.82, 2.24) is 4.90 Å². The second-order valence-electron chi connectivity index (χ2n) is 5.13. The smallest absolute Gasteiger partial charge is 0.221 e. The van der Waals surface area contributed by atoms with Crippen molar-refractivity contribution in [2.24, 2.45) is 0 Å². The maximum atomic E-state index is 11.0. The van der Waals surface area contributed by atoms with Crippen LogP contribution in [0.5, 0.6) is 0 Å². The van der Waals surface area contributed by atoms with Gasteiger partial charge in [-0.2, -0.15) is 0 Å². The minimum atomic E-state index is -0.0404. The second kappa shape index (κ2) is 5.40. The quantitative estimate of drug-likeness (QED) is 0.860. The second-order valence-corrected chi connectivity index (χ2v) is 5.13. The number of carbonyl (C=O) groups excluding carboxylic acids is 1. The number of nitrogens with zero attached hydrogens (tertiary/aromatic N) is 1. The summed E-state index contributed by atoms with van der Waals surface area (Å²) in [5, 5.41) is 6.32. The lowest BCUT2D eigenvalue weighted by Crippen LogP contribution is -2.24. The Balaban J connectivity index is 1.99. The molecular weight excluding hydrogens is 226 g/mol. The van der Waals surface area contributed by atoms with E-state index < -0.39 is 0 Å². The van der Waals surface area contributed by atoms with E-state index in [1.807, 2.05) is 24.3 Å². The van der Waals surface area contributed by atoms with E-state index in [4.69, 9.17) is 0 Å². The van der Waals surface area contributed by atoms with Crippen molar-refractivity contribution in [3.05, 3.63) is 24.3 Å². The van der Waals surface area contributed by atoms with Gasteiger partial charge in [-0.1, -0.05) is 6.07 Å². The number of likely N-dealkylation sites (N-methyl/N-ethyl adjacent to an activating group) is 1. The highest BCUT2D eigenvalue weighted by atomic mass is 16.1. The Morgan fingerprint density at radius 2 is 2.11 bits per heavy atom. The first-order valence-corrected chi connectivity index (χ1v) is 6.39. The summed E-state index contributed by atoms with van der Waals surface area (Å²) in [4.78, 5) is 13.4. The van der Waals surface area contributed by atoms with Gasteiger partial charge in [0.05, 0.1) is 0 Å². The third-order valence-corrected chi connectivity index (χ3v) is 3.44. The van der Waals surface area contributed by atoms with Gasteiger partial charge in [-0.15, -0.1) is 0 Å². The van der Waals surface area contributed by atoms with Crippen LogP contribution in [0.3, 0.4) is 0 Å². The minimum absolute atomic E-state index is 0.0404. The molecule has 2 atom stereocenters. The minimum Gasteiger partial charge on any atom is -0.381 e. The van der Waals surface area contributed by atoms with Crippen molar-refractivity contribution < 1.29 is 4.79 Å². The molecule has 0 spiro atoms. The van der Waals surface area contributed by atoms with Crippen LogP contribution in [-0.2, 0) is 4.79 Å². The molecule has 1 aliphatic rings. The van der Waals surface area contributed by atoms with Crippen LogP contribution in [0.2, 0.25) is 0 Å². The highest BCUT2D eigenvalue weighted by Gasteiger charge is 2.25. The van der Waals surface area contributed by atoms with Crippen LogP contribution in [0, 0.1) is 0 Å². The molecule has 4 nitrogen and oxygen atoms in total. The first-order valence-electron chi connectivity index (χ1n) is 6.39. The van der Waals surface area contributed by atoms with Crippen molar-refractivity contribution in [3.8, 4) is 0 Å². The summed E-state index contributed by atoms with van der Waals surface area (Å²) in [7, 11) is 2.15. The summed E-state index contributed by atoms with van der Waals surface area (Å²) >= 11 is 0. The number of carbonyl (C=O) groups is 1.